The van der Waals surface area contributed by atoms with E-state index in [0.29, 0.717) is 32.6 Å². The highest BCUT2D eigenvalue weighted by Gasteiger charge is 2.30. The molecular formula is C21H22N4O5S2. The SMILES string of the molecule is COc1ccc(Cc2csc(N3CCN(S(=O)(=O)c4cccc([N+](=O)[O-])c4)CC3)n2)cc1. The second-order valence-corrected chi connectivity index (χ2v) is 10.1. The first kappa shape index (κ1) is 22.2. The van der Waals surface area contributed by atoms with E-state index in [9.17, 15) is 18.5 Å². The van der Waals surface area contributed by atoms with Gasteiger partial charge in [0.2, 0.25) is 10.0 Å². The minimum atomic E-state index is -3.79. The molecule has 1 fully saturated rings. The molecule has 0 saturated carbocycles. The highest BCUT2D eigenvalue weighted by molar-refractivity contribution is 7.89. The number of hydrogen-bond donors (Lipinski definition) is 0. The summed E-state index contributed by atoms with van der Waals surface area (Å²) in [4.78, 5) is 17.1. The smallest absolute Gasteiger partial charge is 0.270 e. The molecule has 1 aliphatic heterocycles. The molecule has 1 aliphatic rings. The molecular weight excluding hydrogens is 452 g/mol. The minimum Gasteiger partial charge on any atom is -0.497 e. The number of nitro groups is 1. The van der Waals surface area contributed by atoms with Crippen molar-refractivity contribution >= 4 is 32.2 Å². The van der Waals surface area contributed by atoms with E-state index in [1.165, 1.54) is 22.5 Å². The molecule has 2 heterocycles. The molecule has 0 bridgehead atoms. The van der Waals surface area contributed by atoms with E-state index in [1.54, 1.807) is 18.4 Å². The topological polar surface area (TPSA) is 106 Å². The maximum Gasteiger partial charge on any atom is 0.270 e. The molecule has 0 aliphatic carbocycles. The average Bonchev–Trinajstić information content (AvgIpc) is 3.28. The third-order valence-corrected chi connectivity index (χ3v) is 8.10. The number of sulfonamides is 1. The van der Waals surface area contributed by atoms with Gasteiger partial charge in [-0.25, -0.2) is 13.4 Å². The van der Waals surface area contributed by atoms with E-state index in [4.69, 9.17) is 9.72 Å². The Hall–Kier alpha value is -3.02. The van der Waals surface area contributed by atoms with Gasteiger partial charge >= 0.3 is 0 Å². The van der Waals surface area contributed by atoms with Gasteiger partial charge < -0.3 is 9.64 Å². The summed E-state index contributed by atoms with van der Waals surface area (Å²) in [5, 5.41) is 13.9. The van der Waals surface area contributed by atoms with Crippen LogP contribution in [0.2, 0.25) is 0 Å². The number of thiazole rings is 1. The van der Waals surface area contributed by atoms with Crippen LogP contribution in [0.25, 0.3) is 0 Å². The largest absolute Gasteiger partial charge is 0.497 e. The molecule has 9 nitrogen and oxygen atoms in total. The van der Waals surface area contributed by atoms with Crippen molar-refractivity contribution in [2.75, 3.05) is 38.2 Å². The summed E-state index contributed by atoms with van der Waals surface area (Å²) in [5.41, 5.74) is 1.86. The number of non-ortho nitro benzene ring substituents is 1. The molecule has 0 radical (unpaired) electrons. The van der Waals surface area contributed by atoms with Crippen LogP contribution in [0.1, 0.15) is 11.3 Å². The van der Waals surface area contributed by atoms with E-state index in [-0.39, 0.29) is 10.6 Å². The van der Waals surface area contributed by atoms with Crippen molar-refractivity contribution in [2.24, 2.45) is 0 Å². The first-order valence-electron chi connectivity index (χ1n) is 9.94. The first-order chi connectivity index (χ1) is 15.4. The van der Waals surface area contributed by atoms with E-state index in [1.807, 2.05) is 29.6 Å². The third kappa shape index (κ3) is 4.74. The van der Waals surface area contributed by atoms with Crippen LogP contribution in [-0.4, -0.2) is 55.9 Å². The van der Waals surface area contributed by atoms with Crippen LogP contribution in [0, 0.1) is 10.1 Å². The minimum absolute atomic E-state index is 0.0591. The molecule has 2 aromatic carbocycles. The number of anilines is 1. The number of methoxy groups -OCH3 is 1. The molecule has 168 valence electrons. The van der Waals surface area contributed by atoms with Gasteiger partial charge in [-0.05, 0) is 23.8 Å². The normalized spacial score (nSPS) is 15.0. The van der Waals surface area contributed by atoms with Crippen LogP contribution in [0.5, 0.6) is 5.75 Å². The van der Waals surface area contributed by atoms with Gasteiger partial charge in [0, 0.05) is 50.1 Å². The molecule has 3 aromatic rings. The lowest BCUT2D eigenvalue weighted by Gasteiger charge is -2.33. The lowest BCUT2D eigenvalue weighted by atomic mass is 10.1. The summed E-state index contributed by atoms with van der Waals surface area (Å²) in [6, 6.07) is 13.0. The van der Waals surface area contributed by atoms with Crippen molar-refractivity contribution in [3.05, 3.63) is 75.3 Å². The van der Waals surface area contributed by atoms with Crippen molar-refractivity contribution in [3.8, 4) is 5.75 Å². The summed E-state index contributed by atoms with van der Waals surface area (Å²) < 4.78 is 32.4. The fraction of sp³-hybridized carbons (Fsp3) is 0.286. The Balaban J connectivity index is 1.39. The van der Waals surface area contributed by atoms with Crippen molar-refractivity contribution in [1.82, 2.24) is 9.29 Å². The van der Waals surface area contributed by atoms with Gasteiger partial charge in [-0.3, -0.25) is 10.1 Å². The van der Waals surface area contributed by atoms with Gasteiger partial charge in [-0.1, -0.05) is 18.2 Å². The molecule has 0 amide bonds. The number of hydrogen-bond acceptors (Lipinski definition) is 8. The zero-order valence-corrected chi connectivity index (χ0v) is 19.0. The number of ether oxygens (including phenoxy) is 1. The maximum absolute atomic E-state index is 12.9. The summed E-state index contributed by atoms with van der Waals surface area (Å²) in [7, 11) is -2.15. The molecule has 32 heavy (non-hydrogen) atoms. The summed E-state index contributed by atoms with van der Waals surface area (Å²) in [6.07, 6.45) is 0.710. The quantitative estimate of drug-likeness (QED) is 0.382. The molecule has 0 atom stereocenters. The van der Waals surface area contributed by atoms with Gasteiger partial charge in [0.1, 0.15) is 5.75 Å². The molecule has 11 heteroatoms. The van der Waals surface area contributed by atoms with E-state index < -0.39 is 14.9 Å². The lowest BCUT2D eigenvalue weighted by Crippen LogP contribution is -2.48. The van der Waals surface area contributed by atoms with Crippen molar-refractivity contribution < 1.29 is 18.1 Å². The highest BCUT2D eigenvalue weighted by atomic mass is 32.2. The second kappa shape index (κ2) is 9.23. The molecule has 0 unspecified atom stereocenters. The number of aromatic nitrogens is 1. The molecule has 0 N–H and O–H groups in total. The fourth-order valence-electron chi connectivity index (χ4n) is 3.50. The third-order valence-electron chi connectivity index (χ3n) is 5.26. The Bertz CT molecular complexity index is 1200. The van der Waals surface area contributed by atoms with Crippen molar-refractivity contribution in [2.45, 2.75) is 11.3 Å². The van der Waals surface area contributed by atoms with Crippen molar-refractivity contribution in [1.29, 1.82) is 0 Å². The Labute approximate surface area is 190 Å². The van der Waals surface area contributed by atoms with Gasteiger partial charge in [0.05, 0.1) is 22.6 Å². The number of nitrogens with zero attached hydrogens (tertiary/aromatic N) is 4. The Kier molecular flexibility index (Phi) is 6.40. The summed E-state index contributed by atoms with van der Waals surface area (Å²) in [5.74, 6) is 0.811. The van der Waals surface area contributed by atoms with E-state index >= 15 is 0 Å². The maximum atomic E-state index is 12.9. The predicted molar refractivity (Wildman–Crippen MR) is 122 cm³/mol. The number of piperazine rings is 1. The van der Waals surface area contributed by atoms with E-state index in [0.717, 1.165) is 28.2 Å². The highest BCUT2D eigenvalue weighted by Crippen LogP contribution is 2.26. The zero-order valence-electron chi connectivity index (χ0n) is 17.4. The molecule has 4 rings (SSSR count). The Morgan fingerprint density at radius 2 is 1.84 bits per heavy atom. The Morgan fingerprint density at radius 1 is 1.12 bits per heavy atom. The second-order valence-electron chi connectivity index (χ2n) is 7.29. The average molecular weight is 475 g/mol. The van der Waals surface area contributed by atoms with Gasteiger partial charge in [0.15, 0.2) is 5.13 Å². The van der Waals surface area contributed by atoms with Crippen LogP contribution in [-0.2, 0) is 16.4 Å². The lowest BCUT2D eigenvalue weighted by molar-refractivity contribution is -0.385. The molecule has 1 saturated heterocycles. The summed E-state index contributed by atoms with van der Waals surface area (Å²) in [6.45, 7) is 1.59. The Morgan fingerprint density at radius 3 is 2.50 bits per heavy atom. The van der Waals surface area contributed by atoms with Crippen LogP contribution in [0.4, 0.5) is 10.8 Å². The van der Waals surface area contributed by atoms with Crippen LogP contribution < -0.4 is 9.64 Å². The standard InChI is InChI=1S/C21H22N4O5S2/c1-30-19-7-5-16(6-8-19)13-17-15-31-21(22-17)23-9-11-24(12-10-23)32(28,29)20-4-2-3-18(14-20)25(26)27/h2-8,14-15H,9-13H2,1H3. The van der Waals surface area contributed by atoms with E-state index in [2.05, 4.69) is 4.90 Å². The van der Waals surface area contributed by atoms with Crippen LogP contribution >= 0.6 is 11.3 Å². The number of nitro benzene ring substituents is 1. The predicted octanol–water partition coefficient (Wildman–Crippen LogP) is 3.16. The number of benzene rings is 2. The van der Waals surface area contributed by atoms with Gasteiger partial charge in [0.25, 0.3) is 5.69 Å². The first-order valence-corrected chi connectivity index (χ1v) is 12.3. The molecule has 0 spiro atoms. The number of rotatable bonds is 7. The summed E-state index contributed by atoms with van der Waals surface area (Å²) >= 11 is 1.54. The van der Waals surface area contributed by atoms with Crippen LogP contribution in [0.3, 0.4) is 0 Å². The van der Waals surface area contributed by atoms with Gasteiger partial charge in [-0.15, -0.1) is 11.3 Å². The monoisotopic (exact) mass is 474 g/mol. The zero-order chi connectivity index (χ0) is 22.7. The van der Waals surface area contributed by atoms with Crippen LogP contribution in [0.15, 0.2) is 58.8 Å². The van der Waals surface area contributed by atoms with Crippen molar-refractivity contribution in [3.63, 3.8) is 0 Å². The van der Waals surface area contributed by atoms with Gasteiger partial charge in [-0.2, -0.15) is 4.31 Å². The molecule has 1 aromatic heterocycles. The fourth-order valence-corrected chi connectivity index (χ4v) is 5.84.